The molecule has 0 aromatic rings. The summed E-state index contributed by atoms with van der Waals surface area (Å²) in [7, 11) is 0. The average molecular weight is 367 g/mol. The van der Waals surface area contributed by atoms with Crippen LogP contribution in [0.3, 0.4) is 0 Å². The minimum Gasteiger partial charge on any atom is 0 e. The first-order chi connectivity index (χ1) is 7.55. The number of ketones is 1. The van der Waals surface area contributed by atoms with E-state index in [1.807, 2.05) is 0 Å². The zero-order valence-electron chi connectivity index (χ0n) is 7.85. The van der Waals surface area contributed by atoms with Crippen LogP contribution in [0.5, 0.6) is 0 Å². The Morgan fingerprint density at radius 1 is 0.944 bits per heavy atom. The van der Waals surface area contributed by atoms with E-state index in [1.165, 1.54) is 0 Å². The van der Waals surface area contributed by atoms with Crippen LogP contribution in [0.25, 0.3) is 0 Å². The molecule has 0 heterocycles. The summed E-state index contributed by atoms with van der Waals surface area (Å²) in [5.74, 6) is -5.34. The van der Waals surface area contributed by atoms with Crippen LogP contribution in [0.15, 0.2) is 11.8 Å². The molecule has 0 aliphatic carbocycles. The molecule has 0 aromatic heterocycles. The molecular formula is C7H2F6O4Rh. The van der Waals surface area contributed by atoms with Gasteiger partial charge in [0.1, 0.15) is 0 Å². The van der Waals surface area contributed by atoms with Crippen LogP contribution in [-0.4, -0.2) is 23.2 Å². The van der Waals surface area contributed by atoms with E-state index < -0.39 is 30.0 Å². The van der Waals surface area contributed by atoms with Crippen molar-refractivity contribution in [3.05, 3.63) is 25.1 Å². The molecule has 0 saturated carbocycles. The van der Waals surface area contributed by atoms with Gasteiger partial charge in [0, 0.05) is 25.6 Å². The molecule has 11 heteroatoms. The van der Waals surface area contributed by atoms with Crippen molar-refractivity contribution in [2.75, 3.05) is 0 Å². The van der Waals surface area contributed by atoms with E-state index in [9.17, 15) is 31.1 Å². The van der Waals surface area contributed by atoms with Gasteiger partial charge in [0.05, 0.1) is 0 Å². The van der Waals surface area contributed by atoms with Crippen molar-refractivity contribution in [1.29, 1.82) is 0 Å². The van der Waals surface area contributed by atoms with Gasteiger partial charge in [-0.2, -0.15) is 26.3 Å². The zero-order valence-corrected chi connectivity index (χ0v) is 9.49. The molecule has 0 amide bonds. The van der Waals surface area contributed by atoms with Crippen molar-refractivity contribution >= 4 is 5.78 Å². The molecule has 0 spiro atoms. The number of aliphatic hydroxyl groups excluding tert-OH is 1. The fourth-order valence-corrected chi connectivity index (χ4v) is 0.288. The van der Waals surface area contributed by atoms with Gasteiger partial charge in [-0.05, 0) is 0 Å². The molecule has 0 unspecified atom stereocenters. The average Bonchev–Trinajstić information content (AvgIpc) is 2.21. The van der Waals surface area contributed by atoms with Crippen molar-refractivity contribution in [3.63, 3.8) is 0 Å². The van der Waals surface area contributed by atoms with Crippen molar-refractivity contribution < 1.29 is 65.0 Å². The number of hydrogen-bond acceptors (Lipinski definition) is 2. The number of hydrogen-bond donors (Lipinski definition) is 1. The first kappa shape index (κ1) is 25.7. The Hall–Kier alpha value is -1.11. The molecule has 0 atom stereocenters. The van der Waals surface area contributed by atoms with Gasteiger partial charge in [-0.15, -0.1) is 0 Å². The third-order valence-corrected chi connectivity index (χ3v) is 0.838. The molecule has 0 aromatic carbocycles. The molecule has 1 N–H and O–H groups in total. The van der Waals surface area contributed by atoms with E-state index in [0.29, 0.717) is 0 Å². The maximum Gasteiger partial charge on any atom is 0 e. The van der Waals surface area contributed by atoms with Gasteiger partial charge in [-0.25, -0.2) is 0 Å². The summed E-state index contributed by atoms with van der Waals surface area (Å²) in [5.41, 5.74) is 0. The van der Waals surface area contributed by atoms with E-state index in [-0.39, 0.29) is 19.5 Å². The molecule has 0 fully saturated rings. The Morgan fingerprint density at radius 2 is 1.22 bits per heavy atom. The molecule has 0 saturated heterocycles. The number of alkyl halides is 6. The normalized spacial score (nSPS) is 10.7. The van der Waals surface area contributed by atoms with Gasteiger partial charge in [-0.3, -0.25) is 4.79 Å². The van der Waals surface area contributed by atoms with Crippen LogP contribution in [0.2, 0.25) is 0 Å². The Balaban J connectivity index is -0.000000177. The molecule has 0 bridgehead atoms. The maximum absolute atomic E-state index is 11.4. The zero-order chi connectivity index (χ0) is 14.9. The van der Waals surface area contributed by atoms with Crippen LogP contribution >= 0.6 is 0 Å². The standard InChI is InChI=1S/C5H2F6O2.2CO.Rh/c6-4(7,8)2(12)1-3(13)5(9,10)11;2*1-2;/h1,12H;;;/b2-1-;;;. The maximum atomic E-state index is 11.4. The summed E-state index contributed by atoms with van der Waals surface area (Å²) in [6.07, 6.45) is -11.7. The Kier molecular flexibility index (Phi) is 15.7. The summed E-state index contributed by atoms with van der Waals surface area (Å²) in [5, 5.41) is 7.93. The number of carbonyl (C=O) groups excluding carboxylic acids is 1. The van der Waals surface area contributed by atoms with Gasteiger partial charge in [-0.1, -0.05) is 0 Å². The summed E-state index contributed by atoms with van der Waals surface area (Å²) in [4.78, 5) is 9.86. The molecule has 18 heavy (non-hydrogen) atoms. The summed E-state index contributed by atoms with van der Waals surface area (Å²) in [6, 6.07) is 0. The van der Waals surface area contributed by atoms with Crippen molar-refractivity contribution in [3.8, 4) is 0 Å². The third kappa shape index (κ3) is 13.0. The fourth-order valence-electron chi connectivity index (χ4n) is 0.288. The molecule has 0 aliphatic heterocycles. The predicted octanol–water partition coefficient (Wildman–Crippen LogP) is 2.04. The van der Waals surface area contributed by atoms with Crippen LogP contribution in [0, 0.1) is 13.3 Å². The van der Waals surface area contributed by atoms with Gasteiger partial charge >= 0.3 is 35.0 Å². The van der Waals surface area contributed by atoms with E-state index in [1.54, 1.807) is 0 Å². The molecule has 0 rings (SSSR count). The van der Waals surface area contributed by atoms with Crippen LogP contribution in [-0.2, 0) is 33.6 Å². The number of halogens is 6. The van der Waals surface area contributed by atoms with Crippen LogP contribution < -0.4 is 0 Å². The number of allylic oxidation sites excluding steroid dienone is 2. The van der Waals surface area contributed by atoms with Crippen molar-refractivity contribution in [1.82, 2.24) is 0 Å². The monoisotopic (exact) mass is 367 g/mol. The van der Waals surface area contributed by atoms with Gasteiger partial charge in [0.2, 0.25) is 5.76 Å². The summed E-state index contributed by atoms with van der Waals surface area (Å²) < 4.78 is 83.1. The number of rotatable bonds is 1. The topological polar surface area (TPSA) is 77.1 Å². The predicted molar refractivity (Wildman–Crippen MR) is 35.7 cm³/mol. The Bertz CT molecular complexity index is 307. The second-order valence-corrected chi connectivity index (χ2v) is 1.89. The molecule has 105 valence electrons. The fraction of sp³-hybridized carbons (Fsp3) is 0.286. The first-order valence-electron chi connectivity index (χ1n) is 3.05. The third-order valence-electron chi connectivity index (χ3n) is 0.838. The number of carbonyl (C=O) groups is 1. The van der Waals surface area contributed by atoms with Gasteiger partial charge in [0.25, 0.3) is 5.78 Å². The summed E-state index contributed by atoms with van der Waals surface area (Å²) in [6.45, 7) is 9.00. The largest absolute Gasteiger partial charge is 0 e. The van der Waals surface area contributed by atoms with Crippen molar-refractivity contribution in [2.24, 2.45) is 0 Å². The van der Waals surface area contributed by atoms with Gasteiger partial charge < -0.3 is 5.11 Å². The summed E-state index contributed by atoms with van der Waals surface area (Å²) >= 11 is 0. The Morgan fingerprint density at radius 3 is 1.39 bits per heavy atom. The molecule has 0 aliphatic rings. The van der Waals surface area contributed by atoms with Crippen LogP contribution in [0.4, 0.5) is 26.3 Å². The SMILES string of the molecule is O=C(/C=C(\O)C(F)(F)F)C(F)(F)F.[C-]#[O+].[C-]#[O+].[Rh]. The smallest absolute Gasteiger partial charge is 0 e. The second-order valence-electron chi connectivity index (χ2n) is 1.89. The van der Waals surface area contributed by atoms with E-state index in [2.05, 4.69) is 13.3 Å². The van der Waals surface area contributed by atoms with E-state index in [0.717, 1.165) is 0 Å². The van der Waals surface area contributed by atoms with Crippen LogP contribution in [0.1, 0.15) is 0 Å². The molecular weight excluding hydrogens is 365 g/mol. The minimum atomic E-state index is -5.42. The molecule has 1 radical (unpaired) electrons. The molecule has 4 nitrogen and oxygen atoms in total. The van der Waals surface area contributed by atoms with Crippen molar-refractivity contribution in [2.45, 2.75) is 12.4 Å². The van der Waals surface area contributed by atoms with Gasteiger partial charge in [0.15, 0.2) is 0 Å². The van der Waals surface area contributed by atoms with E-state index in [4.69, 9.17) is 14.4 Å². The first-order valence-corrected chi connectivity index (χ1v) is 3.05. The minimum absolute atomic E-state index is 0. The Labute approximate surface area is 109 Å². The van der Waals surface area contributed by atoms with E-state index >= 15 is 0 Å². The number of aliphatic hydroxyl groups is 1. The quantitative estimate of drug-likeness (QED) is 0.192. The second kappa shape index (κ2) is 11.0.